The van der Waals surface area contributed by atoms with Gasteiger partial charge in [-0.3, -0.25) is 4.79 Å². The minimum atomic E-state index is -0.346. The maximum absolute atomic E-state index is 11.7. The second kappa shape index (κ2) is 7.60. The number of halogens is 2. The number of hydrogen-bond acceptors (Lipinski definition) is 4. The summed E-state index contributed by atoms with van der Waals surface area (Å²) in [5.41, 5.74) is 4.43. The Morgan fingerprint density at radius 2 is 2.14 bits per heavy atom. The van der Waals surface area contributed by atoms with Crippen molar-refractivity contribution in [3.63, 3.8) is 0 Å². The molecule has 0 radical (unpaired) electrons. The smallest absolute Gasteiger partial charge is 0.277 e. The second-order valence-electron chi connectivity index (χ2n) is 4.62. The summed E-state index contributed by atoms with van der Waals surface area (Å²) >= 11 is 6.51. The van der Waals surface area contributed by atoms with Gasteiger partial charge >= 0.3 is 0 Å². The van der Waals surface area contributed by atoms with Crippen LogP contribution in [0.1, 0.15) is 16.9 Å². The molecule has 1 aromatic heterocycles. The zero-order chi connectivity index (χ0) is 16.1. The maximum atomic E-state index is 11.7. The average Bonchev–Trinajstić information content (AvgIpc) is 2.78. The molecule has 1 heterocycles. The van der Waals surface area contributed by atoms with Gasteiger partial charge in [0.2, 0.25) is 0 Å². The highest BCUT2D eigenvalue weighted by atomic mass is 79.9. The first-order valence-corrected chi connectivity index (χ1v) is 8.01. The molecule has 0 saturated heterocycles. The van der Waals surface area contributed by atoms with Crippen LogP contribution in [-0.4, -0.2) is 18.7 Å². The summed E-state index contributed by atoms with van der Waals surface area (Å²) in [6.45, 7) is 3.79. The molecule has 5 nitrogen and oxygen atoms in total. The zero-order valence-electron chi connectivity index (χ0n) is 12.0. The highest BCUT2D eigenvalue weighted by Crippen LogP contribution is 2.25. The fourth-order valence-corrected chi connectivity index (χ4v) is 2.24. The summed E-state index contributed by atoms with van der Waals surface area (Å²) in [4.78, 5) is 11.7. The largest absolute Gasteiger partial charge is 0.483 e. The predicted molar refractivity (Wildman–Crippen MR) is 91.3 cm³/mol. The van der Waals surface area contributed by atoms with Gasteiger partial charge < -0.3 is 9.15 Å². The summed E-state index contributed by atoms with van der Waals surface area (Å²) < 4.78 is 12.1. The van der Waals surface area contributed by atoms with E-state index in [9.17, 15) is 4.79 Å². The summed E-state index contributed by atoms with van der Waals surface area (Å²) in [7, 11) is 0. The lowest BCUT2D eigenvalue weighted by Gasteiger charge is -2.08. The van der Waals surface area contributed by atoms with Crippen LogP contribution in [0.2, 0.25) is 0 Å². The summed E-state index contributed by atoms with van der Waals surface area (Å²) in [5, 5.41) is 3.81. The van der Waals surface area contributed by atoms with Crippen LogP contribution in [0.4, 0.5) is 0 Å². The molecule has 1 amide bonds. The SMILES string of the molecule is Cc1ccc(C)c(OCC(=O)N/N=C/c2cc(Br)c(Br)o2)c1. The Morgan fingerprint density at radius 3 is 2.82 bits per heavy atom. The summed E-state index contributed by atoms with van der Waals surface area (Å²) in [6.07, 6.45) is 1.41. The Morgan fingerprint density at radius 1 is 1.36 bits per heavy atom. The minimum Gasteiger partial charge on any atom is -0.483 e. The van der Waals surface area contributed by atoms with Crippen LogP contribution in [0.5, 0.6) is 5.75 Å². The van der Waals surface area contributed by atoms with E-state index in [1.165, 1.54) is 6.21 Å². The lowest BCUT2D eigenvalue weighted by atomic mass is 10.1. The molecular formula is C15H14Br2N2O3. The number of hydrazone groups is 1. The molecule has 0 aliphatic heterocycles. The van der Waals surface area contributed by atoms with E-state index in [-0.39, 0.29) is 12.5 Å². The molecule has 1 N–H and O–H groups in total. The van der Waals surface area contributed by atoms with Crippen LogP contribution in [0.15, 0.2) is 42.9 Å². The van der Waals surface area contributed by atoms with Crippen LogP contribution in [0.25, 0.3) is 0 Å². The molecule has 0 bridgehead atoms. The van der Waals surface area contributed by atoms with E-state index in [2.05, 4.69) is 42.4 Å². The van der Waals surface area contributed by atoms with Crippen LogP contribution < -0.4 is 10.2 Å². The fourth-order valence-electron chi connectivity index (χ4n) is 1.63. The third-order valence-corrected chi connectivity index (χ3v) is 4.46. The first kappa shape index (κ1) is 16.8. The summed E-state index contributed by atoms with van der Waals surface area (Å²) in [6, 6.07) is 7.57. The van der Waals surface area contributed by atoms with Gasteiger partial charge in [0.05, 0.1) is 10.7 Å². The number of nitrogens with one attached hydrogen (secondary N) is 1. The molecular weight excluding hydrogens is 416 g/mol. The van der Waals surface area contributed by atoms with Gasteiger partial charge in [-0.05, 0) is 62.9 Å². The number of ether oxygens (including phenoxy) is 1. The number of amides is 1. The predicted octanol–water partition coefficient (Wildman–Crippen LogP) is 3.95. The van der Waals surface area contributed by atoms with Gasteiger partial charge in [0.15, 0.2) is 11.3 Å². The van der Waals surface area contributed by atoms with E-state index in [0.29, 0.717) is 16.2 Å². The van der Waals surface area contributed by atoms with E-state index in [4.69, 9.17) is 9.15 Å². The fraction of sp³-hybridized carbons (Fsp3) is 0.200. The third kappa shape index (κ3) is 4.71. The van der Waals surface area contributed by atoms with E-state index in [1.54, 1.807) is 6.07 Å². The zero-order valence-corrected chi connectivity index (χ0v) is 15.2. The van der Waals surface area contributed by atoms with Crippen LogP contribution >= 0.6 is 31.9 Å². The van der Waals surface area contributed by atoms with E-state index in [0.717, 1.165) is 15.6 Å². The number of carbonyl (C=O) groups excluding carboxylic acids is 1. The van der Waals surface area contributed by atoms with Gasteiger partial charge in [0, 0.05) is 6.07 Å². The van der Waals surface area contributed by atoms with Crippen LogP contribution in [0.3, 0.4) is 0 Å². The summed E-state index contributed by atoms with van der Waals surface area (Å²) in [5.74, 6) is 0.856. The van der Waals surface area contributed by atoms with Crippen molar-refractivity contribution in [3.8, 4) is 5.75 Å². The Hall–Kier alpha value is -1.60. The standard InChI is InChI=1S/C15H14Br2N2O3/c1-9-3-4-10(2)13(5-9)21-8-14(20)19-18-7-11-6-12(16)15(17)22-11/h3-7H,8H2,1-2H3,(H,19,20)/b18-7+. The Labute approximate surface area is 145 Å². The Kier molecular flexibility index (Phi) is 5.79. The normalized spacial score (nSPS) is 10.9. The molecule has 2 rings (SSSR count). The molecule has 0 aliphatic carbocycles. The second-order valence-corrected chi connectivity index (χ2v) is 6.20. The van der Waals surface area contributed by atoms with Crippen molar-refractivity contribution in [1.82, 2.24) is 5.43 Å². The molecule has 0 aliphatic rings. The maximum Gasteiger partial charge on any atom is 0.277 e. The molecule has 2 aromatic rings. The third-order valence-electron chi connectivity index (χ3n) is 2.75. The number of furan rings is 1. The van der Waals surface area contributed by atoms with Crippen molar-refractivity contribution in [2.75, 3.05) is 6.61 Å². The molecule has 7 heteroatoms. The molecule has 0 atom stereocenters. The lowest BCUT2D eigenvalue weighted by Crippen LogP contribution is -2.24. The van der Waals surface area contributed by atoms with E-state index in [1.807, 2.05) is 32.0 Å². The average molecular weight is 430 g/mol. The van der Waals surface area contributed by atoms with Crippen LogP contribution in [0, 0.1) is 13.8 Å². The Bertz CT molecular complexity index is 691. The number of rotatable bonds is 5. The first-order chi connectivity index (χ1) is 10.5. The van der Waals surface area contributed by atoms with Crippen molar-refractivity contribution in [2.24, 2.45) is 5.10 Å². The highest BCUT2D eigenvalue weighted by Gasteiger charge is 2.06. The highest BCUT2D eigenvalue weighted by molar-refractivity contribution is 9.13. The van der Waals surface area contributed by atoms with Gasteiger partial charge in [-0.15, -0.1) is 0 Å². The van der Waals surface area contributed by atoms with Crippen molar-refractivity contribution in [3.05, 3.63) is 50.3 Å². The number of carbonyl (C=O) groups is 1. The van der Waals surface area contributed by atoms with Gasteiger partial charge in [-0.2, -0.15) is 5.10 Å². The molecule has 1 aromatic carbocycles. The van der Waals surface area contributed by atoms with Crippen molar-refractivity contribution >= 4 is 44.0 Å². The number of aryl methyl sites for hydroxylation is 2. The molecule has 0 fully saturated rings. The topological polar surface area (TPSA) is 63.8 Å². The van der Waals surface area contributed by atoms with E-state index >= 15 is 0 Å². The first-order valence-electron chi connectivity index (χ1n) is 6.42. The van der Waals surface area contributed by atoms with Gasteiger partial charge in [0.1, 0.15) is 11.5 Å². The quantitative estimate of drug-likeness (QED) is 0.578. The van der Waals surface area contributed by atoms with Crippen molar-refractivity contribution in [2.45, 2.75) is 13.8 Å². The van der Waals surface area contributed by atoms with Gasteiger partial charge in [-0.25, -0.2) is 5.43 Å². The Balaban J connectivity index is 1.84. The lowest BCUT2D eigenvalue weighted by molar-refractivity contribution is -0.123. The molecule has 0 unspecified atom stereocenters. The molecule has 116 valence electrons. The number of benzene rings is 1. The van der Waals surface area contributed by atoms with Crippen molar-refractivity contribution < 1.29 is 13.9 Å². The van der Waals surface area contributed by atoms with Gasteiger partial charge in [-0.1, -0.05) is 12.1 Å². The van der Waals surface area contributed by atoms with Crippen LogP contribution in [-0.2, 0) is 4.79 Å². The number of hydrogen-bond donors (Lipinski definition) is 1. The monoisotopic (exact) mass is 428 g/mol. The molecule has 0 saturated carbocycles. The molecule has 22 heavy (non-hydrogen) atoms. The number of nitrogens with zero attached hydrogens (tertiary/aromatic N) is 1. The van der Waals surface area contributed by atoms with Crippen molar-refractivity contribution in [1.29, 1.82) is 0 Å². The minimum absolute atomic E-state index is 0.104. The van der Waals surface area contributed by atoms with Gasteiger partial charge in [0.25, 0.3) is 5.91 Å². The van der Waals surface area contributed by atoms with E-state index < -0.39 is 0 Å². The molecule has 0 spiro atoms.